The van der Waals surface area contributed by atoms with Crippen molar-refractivity contribution in [1.82, 2.24) is 15.1 Å². The van der Waals surface area contributed by atoms with Gasteiger partial charge in [-0.25, -0.2) is 14.0 Å². The molecule has 1 N–H and O–H groups in total. The molecule has 0 aromatic heterocycles. The highest BCUT2D eigenvalue weighted by Crippen LogP contribution is 2.07. The van der Waals surface area contributed by atoms with Gasteiger partial charge in [0.2, 0.25) is 0 Å². The minimum Gasteiger partial charge on any atom is -0.453 e. The number of piperazine rings is 1. The molecule has 1 fully saturated rings. The number of nitrogens with one attached hydrogen (secondary N) is 1. The van der Waals surface area contributed by atoms with Crippen molar-refractivity contribution in [2.45, 2.75) is 6.42 Å². The van der Waals surface area contributed by atoms with E-state index >= 15 is 0 Å². The molecule has 6 nitrogen and oxygen atoms in total. The number of carbonyl (C=O) groups excluding carboxylic acids is 2. The number of benzene rings is 1. The molecule has 120 valence electrons. The molecule has 0 bridgehead atoms. The third-order valence-corrected chi connectivity index (χ3v) is 3.63. The van der Waals surface area contributed by atoms with Crippen LogP contribution in [0, 0.1) is 5.82 Å². The van der Waals surface area contributed by atoms with Gasteiger partial charge in [0.1, 0.15) is 5.82 Å². The van der Waals surface area contributed by atoms with Crippen molar-refractivity contribution in [3.8, 4) is 0 Å². The van der Waals surface area contributed by atoms with Gasteiger partial charge in [-0.05, 0) is 18.1 Å². The molecule has 0 atom stereocenters. The molecule has 2 rings (SSSR count). The van der Waals surface area contributed by atoms with Crippen LogP contribution in [0.4, 0.5) is 14.0 Å². The van der Waals surface area contributed by atoms with Crippen molar-refractivity contribution in [1.29, 1.82) is 0 Å². The molecular formula is C15H20FN3O3. The first-order valence-electron chi connectivity index (χ1n) is 7.21. The van der Waals surface area contributed by atoms with Crippen LogP contribution in [-0.4, -0.2) is 61.8 Å². The Morgan fingerprint density at radius 3 is 2.45 bits per heavy atom. The van der Waals surface area contributed by atoms with Crippen LogP contribution in [-0.2, 0) is 11.2 Å². The van der Waals surface area contributed by atoms with Crippen molar-refractivity contribution in [3.63, 3.8) is 0 Å². The fourth-order valence-corrected chi connectivity index (χ4v) is 2.34. The second-order valence-electron chi connectivity index (χ2n) is 5.02. The standard InChI is InChI=1S/C15H20FN3O3/c1-22-15(21)19-10-8-18(9-11-19)14(20)17-7-6-12-4-2-3-5-13(12)16/h2-5H,6-11H2,1H3,(H,17,20). The van der Waals surface area contributed by atoms with Crippen LogP contribution in [0.5, 0.6) is 0 Å². The van der Waals surface area contributed by atoms with Crippen molar-refractivity contribution >= 4 is 12.1 Å². The van der Waals surface area contributed by atoms with Crippen LogP contribution in [0.3, 0.4) is 0 Å². The van der Waals surface area contributed by atoms with E-state index in [-0.39, 0.29) is 17.9 Å². The molecule has 1 aromatic carbocycles. The van der Waals surface area contributed by atoms with Gasteiger partial charge in [-0.15, -0.1) is 0 Å². The first-order chi connectivity index (χ1) is 10.6. The summed E-state index contributed by atoms with van der Waals surface area (Å²) in [7, 11) is 1.34. The van der Waals surface area contributed by atoms with E-state index < -0.39 is 0 Å². The summed E-state index contributed by atoms with van der Waals surface area (Å²) in [5, 5.41) is 2.77. The Morgan fingerprint density at radius 2 is 1.82 bits per heavy atom. The summed E-state index contributed by atoms with van der Waals surface area (Å²) < 4.78 is 18.1. The monoisotopic (exact) mass is 309 g/mol. The van der Waals surface area contributed by atoms with Gasteiger partial charge in [0, 0.05) is 32.7 Å². The fourth-order valence-electron chi connectivity index (χ4n) is 2.34. The average molecular weight is 309 g/mol. The fraction of sp³-hybridized carbons (Fsp3) is 0.467. The van der Waals surface area contributed by atoms with E-state index in [2.05, 4.69) is 10.1 Å². The Balaban J connectivity index is 1.72. The Kier molecular flexibility index (Phi) is 5.57. The van der Waals surface area contributed by atoms with E-state index in [9.17, 15) is 14.0 Å². The number of hydrogen-bond donors (Lipinski definition) is 1. The van der Waals surface area contributed by atoms with Gasteiger partial charge in [-0.1, -0.05) is 18.2 Å². The lowest BCUT2D eigenvalue weighted by molar-refractivity contribution is 0.0971. The summed E-state index contributed by atoms with van der Waals surface area (Å²) in [5.41, 5.74) is 0.582. The lowest BCUT2D eigenvalue weighted by atomic mass is 10.1. The molecule has 1 aromatic rings. The van der Waals surface area contributed by atoms with Crippen LogP contribution >= 0.6 is 0 Å². The minimum atomic E-state index is -0.375. The highest BCUT2D eigenvalue weighted by molar-refractivity contribution is 5.75. The van der Waals surface area contributed by atoms with Crippen molar-refractivity contribution in [3.05, 3.63) is 35.6 Å². The zero-order chi connectivity index (χ0) is 15.9. The first-order valence-corrected chi connectivity index (χ1v) is 7.21. The highest BCUT2D eigenvalue weighted by atomic mass is 19.1. The Hall–Kier alpha value is -2.31. The number of methoxy groups -OCH3 is 1. The maximum Gasteiger partial charge on any atom is 0.409 e. The second kappa shape index (κ2) is 7.63. The smallest absolute Gasteiger partial charge is 0.409 e. The number of hydrogen-bond acceptors (Lipinski definition) is 3. The molecule has 0 unspecified atom stereocenters. The number of halogens is 1. The average Bonchev–Trinajstić information content (AvgIpc) is 2.56. The van der Waals surface area contributed by atoms with E-state index in [4.69, 9.17) is 0 Å². The summed E-state index contributed by atoms with van der Waals surface area (Å²) in [6.07, 6.45) is 0.0696. The maximum absolute atomic E-state index is 13.4. The maximum atomic E-state index is 13.4. The summed E-state index contributed by atoms with van der Waals surface area (Å²) in [4.78, 5) is 26.6. The topological polar surface area (TPSA) is 61.9 Å². The summed E-state index contributed by atoms with van der Waals surface area (Å²) in [5.74, 6) is -0.261. The zero-order valence-corrected chi connectivity index (χ0v) is 12.5. The number of nitrogens with zero attached hydrogens (tertiary/aromatic N) is 2. The van der Waals surface area contributed by atoms with Gasteiger partial charge in [-0.3, -0.25) is 0 Å². The molecule has 1 saturated heterocycles. The van der Waals surface area contributed by atoms with Gasteiger partial charge >= 0.3 is 12.1 Å². The lowest BCUT2D eigenvalue weighted by Gasteiger charge is -2.33. The van der Waals surface area contributed by atoms with Crippen molar-refractivity contribution in [2.75, 3.05) is 39.8 Å². The third-order valence-electron chi connectivity index (χ3n) is 3.63. The predicted molar refractivity (Wildman–Crippen MR) is 79.1 cm³/mol. The SMILES string of the molecule is COC(=O)N1CCN(C(=O)NCCc2ccccc2F)CC1. The second-order valence-corrected chi connectivity index (χ2v) is 5.02. The van der Waals surface area contributed by atoms with Crippen LogP contribution in [0.15, 0.2) is 24.3 Å². The number of carbonyl (C=O) groups is 2. The van der Waals surface area contributed by atoms with Gasteiger partial charge in [-0.2, -0.15) is 0 Å². The van der Waals surface area contributed by atoms with E-state index in [1.165, 1.54) is 13.2 Å². The molecule has 0 spiro atoms. The molecule has 3 amide bonds. The van der Waals surface area contributed by atoms with Crippen molar-refractivity contribution < 1.29 is 18.7 Å². The predicted octanol–water partition coefficient (Wildman–Crippen LogP) is 1.46. The van der Waals surface area contributed by atoms with E-state index in [1.54, 1.807) is 28.0 Å². The Bertz CT molecular complexity index is 531. The number of urea groups is 1. The molecule has 1 aliphatic heterocycles. The summed E-state index contributed by atoms with van der Waals surface area (Å²) >= 11 is 0. The van der Waals surface area contributed by atoms with E-state index in [1.807, 2.05) is 0 Å². The quantitative estimate of drug-likeness (QED) is 0.919. The number of rotatable bonds is 3. The summed E-state index contributed by atoms with van der Waals surface area (Å²) in [6.45, 7) is 2.19. The normalized spacial score (nSPS) is 14.6. The molecule has 1 aliphatic rings. The first kappa shape index (κ1) is 16.1. The molecular weight excluding hydrogens is 289 g/mol. The molecule has 7 heteroatoms. The van der Waals surface area contributed by atoms with Crippen LogP contribution in [0.1, 0.15) is 5.56 Å². The third kappa shape index (κ3) is 4.09. The van der Waals surface area contributed by atoms with Crippen LogP contribution < -0.4 is 5.32 Å². The molecule has 0 radical (unpaired) electrons. The van der Waals surface area contributed by atoms with Crippen LogP contribution in [0.25, 0.3) is 0 Å². The summed E-state index contributed by atoms with van der Waals surface area (Å²) in [6, 6.07) is 6.32. The van der Waals surface area contributed by atoms with Gasteiger partial charge in [0.15, 0.2) is 0 Å². The van der Waals surface area contributed by atoms with Crippen molar-refractivity contribution in [2.24, 2.45) is 0 Å². The molecule has 22 heavy (non-hydrogen) atoms. The van der Waals surface area contributed by atoms with E-state index in [0.717, 1.165) is 0 Å². The van der Waals surface area contributed by atoms with Crippen LogP contribution in [0.2, 0.25) is 0 Å². The number of ether oxygens (including phenoxy) is 1. The van der Waals surface area contributed by atoms with E-state index in [0.29, 0.717) is 44.7 Å². The molecule has 1 heterocycles. The Labute approximate surface area is 128 Å². The largest absolute Gasteiger partial charge is 0.453 e. The highest BCUT2D eigenvalue weighted by Gasteiger charge is 2.24. The van der Waals surface area contributed by atoms with Gasteiger partial charge in [0.05, 0.1) is 7.11 Å². The van der Waals surface area contributed by atoms with Gasteiger partial charge in [0.25, 0.3) is 0 Å². The lowest BCUT2D eigenvalue weighted by Crippen LogP contribution is -2.53. The zero-order valence-electron chi connectivity index (χ0n) is 12.5. The van der Waals surface area contributed by atoms with Gasteiger partial charge < -0.3 is 19.9 Å². The molecule has 0 saturated carbocycles. The Morgan fingerprint density at radius 1 is 1.18 bits per heavy atom. The molecule has 0 aliphatic carbocycles. The number of amides is 3. The minimum absolute atomic E-state index is 0.194.